The number of hydrogen-bond donors (Lipinski definition) is 0. The summed E-state index contributed by atoms with van der Waals surface area (Å²) >= 11 is 4.37. The van der Waals surface area contributed by atoms with E-state index in [0.717, 1.165) is 35.4 Å². The van der Waals surface area contributed by atoms with E-state index in [1.807, 2.05) is 18.2 Å². The Kier molecular flexibility index (Phi) is 6.65. The van der Waals surface area contributed by atoms with E-state index >= 15 is 0 Å². The molecular weight excluding hydrogens is 429 g/mol. The van der Waals surface area contributed by atoms with Gasteiger partial charge in [-0.2, -0.15) is 18.2 Å². The highest BCUT2D eigenvalue weighted by atomic mass is 32.1. The number of hydrogen-bond acceptors (Lipinski definition) is 2. The Morgan fingerprint density at radius 3 is 2.03 bits per heavy atom. The van der Waals surface area contributed by atoms with Gasteiger partial charge in [-0.25, -0.2) is 8.78 Å². The van der Waals surface area contributed by atoms with Crippen LogP contribution in [-0.4, -0.2) is 5.16 Å². The number of rotatable bonds is 3. The maximum absolute atomic E-state index is 14.0. The van der Waals surface area contributed by atoms with Gasteiger partial charge >= 0.3 is 6.18 Å². The van der Waals surface area contributed by atoms with Crippen LogP contribution in [0.1, 0.15) is 29.2 Å². The highest BCUT2D eigenvalue weighted by Gasteiger charge is 2.29. The number of isothiocyanates is 1. The van der Waals surface area contributed by atoms with Crippen LogP contribution < -0.4 is 0 Å². The normalized spacial score (nSPS) is 10.8. The van der Waals surface area contributed by atoms with Crippen LogP contribution in [0.5, 0.6) is 0 Å². The topological polar surface area (TPSA) is 12.4 Å². The number of benzene rings is 3. The van der Waals surface area contributed by atoms with E-state index in [1.54, 1.807) is 12.1 Å². The van der Waals surface area contributed by atoms with E-state index < -0.39 is 29.1 Å². The molecule has 3 aromatic carbocycles. The fraction of sp³-hybridized carbons (Fsp3) is 0.125. The Hall–Kier alpha value is -3.33. The van der Waals surface area contributed by atoms with Gasteiger partial charge in [-0.1, -0.05) is 37.0 Å². The van der Waals surface area contributed by atoms with E-state index in [-0.39, 0.29) is 5.56 Å². The lowest BCUT2D eigenvalue weighted by Gasteiger charge is -2.09. The summed E-state index contributed by atoms with van der Waals surface area (Å²) < 4.78 is 66.2. The number of aliphatic imine (C=N–C) groups is 1. The summed E-state index contributed by atoms with van der Waals surface area (Å²) in [5.41, 5.74) is 1.79. The van der Waals surface area contributed by atoms with E-state index in [4.69, 9.17) is 0 Å². The van der Waals surface area contributed by atoms with E-state index in [0.29, 0.717) is 17.5 Å². The monoisotopic (exact) mass is 443 g/mol. The van der Waals surface area contributed by atoms with Gasteiger partial charge in [-0.05, 0) is 71.7 Å². The molecule has 0 aliphatic heterocycles. The fourth-order valence-electron chi connectivity index (χ4n) is 2.97. The van der Waals surface area contributed by atoms with Crippen LogP contribution in [0.2, 0.25) is 0 Å². The first kappa shape index (κ1) is 22.4. The summed E-state index contributed by atoms with van der Waals surface area (Å²) in [6.45, 7) is 1.91. The van der Waals surface area contributed by atoms with E-state index in [2.05, 4.69) is 29.1 Å². The van der Waals surface area contributed by atoms with Crippen molar-refractivity contribution in [2.45, 2.75) is 19.5 Å². The molecule has 156 valence electrons. The molecule has 0 fully saturated rings. The minimum atomic E-state index is -4.39. The molecule has 0 radical (unpaired) electrons. The van der Waals surface area contributed by atoms with Gasteiger partial charge in [0.15, 0.2) is 11.6 Å². The Morgan fingerprint density at radius 2 is 1.48 bits per heavy atom. The van der Waals surface area contributed by atoms with Crippen molar-refractivity contribution in [1.82, 2.24) is 0 Å². The first-order valence-electron chi connectivity index (χ1n) is 9.12. The Balaban J connectivity index is 1.93. The number of nitrogens with zero attached hydrogens (tertiary/aromatic N) is 1. The maximum atomic E-state index is 14.0. The van der Waals surface area contributed by atoms with Crippen LogP contribution in [0.4, 0.5) is 27.6 Å². The summed E-state index contributed by atoms with van der Waals surface area (Å²) in [4.78, 5) is 3.35. The van der Waals surface area contributed by atoms with Gasteiger partial charge in [0, 0.05) is 11.1 Å². The molecule has 0 aliphatic carbocycles. The smallest absolute Gasteiger partial charge is 0.204 e. The molecule has 0 amide bonds. The summed E-state index contributed by atoms with van der Waals surface area (Å²) in [5.74, 6) is 3.84. The molecule has 0 spiro atoms. The Morgan fingerprint density at radius 1 is 0.871 bits per heavy atom. The van der Waals surface area contributed by atoms with Gasteiger partial charge in [0.05, 0.1) is 10.7 Å². The number of alkyl halides is 3. The molecule has 0 atom stereocenters. The van der Waals surface area contributed by atoms with Crippen molar-refractivity contribution in [2.24, 2.45) is 4.99 Å². The Bertz CT molecular complexity index is 1200. The molecule has 0 saturated carbocycles. The zero-order valence-electron chi connectivity index (χ0n) is 16.1. The second-order valence-corrected chi connectivity index (χ2v) is 6.72. The lowest BCUT2D eigenvalue weighted by molar-refractivity contribution is -0.137. The molecule has 0 N–H and O–H groups in total. The molecule has 1 nitrogen and oxygen atoms in total. The highest BCUT2D eigenvalue weighted by Crippen LogP contribution is 2.31. The quantitative estimate of drug-likeness (QED) is 0.178. The predicted molar refractivity (Wildman–Crippen MR) is 113 cm³/mol. The molecule has 0 bridgehead atoms. The van der Waals surface area contributed by atoms with E-state index in [9.17, 15) is 22.0 Å². The van der Waals surface area contributed by atoms with Gasteiger partial charge in [-0.15, -0.1) is 0 Å². The van der Waals surface area contributed by atoms with Crippen LogP contribution in [-0.2, 0) is 12.6 Å². The van der Waals surface area contributed by atoms with Crippen molar-refractivity contribution in [3.05, 3.63) is 88.5 Å². The lowest BCUT2D eigenvalue weighted by atomic mass is 9.97. The van der Waals surface area contributed by atoms with Crippen LogP contribution in [0.3, 0.4) is 0 Å². The molecule has 3 rings (SSSR count). The average Bonchev–Trinajstić information content (AvgIpc) is 2.74. The third-order valence-electron chi connectivity index (χ3n) is 4.55. The molecule has 0 saturated heterocycles. The first-order chi connectivity index (χ1) is 14.7. The summed E-state index contributed by atoms with van der Waals surface area (Å²) in [6, 6.07) is 12.3. The van der Waals surface area contributed by atoms with Crippen molar-refractivity contribution >= 4 is 23.1 Å². The summed E-state index contributed by atoms with van der Waals surface area (Å²) in [5, 5.41) is 1.92. The van der Waals surface area contributed by atoms with Crippen LogP contribution in [0.15, 0.2) is 59.6 Å². The van der Waals surface area contributed by atoms with Gasteiger partial charge in [0.1, 0.15) is 5.69 Å². The van der Waals surface area contributed by atoms with Crippen molar-refractivity contribution in [1.29, 1.82) is 0 Å². The minimum absolute atomic E-state index is 0.132. The number of thiocarbonyl (C=S) groups is 1. The molecule has 7 heteroatoms. The lowest BCUT2D eigenvalue weighted by Crippen LogP contribution is -2.04. The van der Waals surface area contributed by atoms with Crippen molar-refractivity contribution in [3.63, 3.8) is 0 Å². The first-order valence-corrected chi connectivity index (χ1v) is 9.53. The summed E-state index contributed by atoms with van der Waals surface area (Å²) in [6.07, 6.45) is -3.77. The second-order valence-electron chi connectivity index (χ2n) is 6.54. The molecular formula is C24H14F5NS. The molecule has 0 aliphatic rings. The molecule has 3 aromatic rings. The van der Waals surface area contributed by atoms with Crippen molar-refractivity contribution in [3.8, 4) is 23.0 Å². The van der Waals surface area contributed by atoms with Gasteiger partial charge in [0.25, 0.3) is 0 Å². The van der Waals surface area contributed by atoms with Gasteiger partial charge in [0.2, 0.25) is 0 Å². The van der Waals surface area contributed by atoms with E-state index in [1.165, 1.54) is 12.1 Å². The highest BCUT2D eigenvalue weighted by molar-refractivity contribution is 7.78. The Labute approximate surface area is 181 Å². The second kappa shape index (κ2) is 9.22. The fourth-order valence-corrected chi connectivity index (χ4v) is 3.06. The zero-order valence-corrected chi connectivity index (χ0v) is 17.0. The number of halogens is 5. The maximum Gasteiger partial charge on any atom is 0.416 e. The standard InChI is InChI=1S/C24H14F5NS/c1-2-16-13-19(18-7-9-20(10-8-18)24(27,28)29)6-5-17(16)4-3-15-11-21(25)23(30-14-31)22(26)12-15/h5-13H,2H2,1H3. The molecule has 0 heterocycles. The largest absolute Gasteiger partial charge is 0.416 e. The van der Waals surface area contributed by atoms with Crippen molar-refractivity contribution in [2.75, 3.05) is 0 Å². The van der Waals surface area contributed by atoms with Crippen LogP contribution in [0, 0.1) is 23.5 Å². The van der Waals surface area contributed by atoms with Gasteiger partial charge in [-0.3, -0.25) is 0 Å². The molecule has 0 unspecified atom stereocenters. The average molecular weight is 443 g/mol. The van der Waals surface area contributed by atoms with Crippen LogP contribution >= 0.6 is 12.2 Å². The minimum Gasteiger partial charge on any atom is -0.204 e. The molecule has 0 aromatic heterocycles. The predicted octanol–water partition coefficient (Wildman–Crippen LogP) is 7.35. The summed E-state index contributed by atoms with van der Waals surface area (Å²) in [7, 11) is 0. The number of aryl methyl sites for hydroxylation is 1. The third-order valence-corrected chi connectivity index (χ3v) is 4.64. The molecule has 31 heavy (non-hydrogen) atoms. The van der Waals surface area contributed by atoms with Gasteiger partial charge < -0.3 is 0 Å². The third kappa shape index (κ3) is 5.24. The zero-order chi connectivity index (χ0) is 22.6. The van der Waals surface area contributed by atoms with Crippen LogP contribution in [0.25, 0.3) is 11.1 Å². The SMILES string of the molecule is CCc1cc(-c2ccc(C(F)(F)F)cc2)ccc1C#Cc1cc(F)c(N=C=S)c(F)c1. The van der Waals surface area contributed by atoms with Crippen molar-refractivity contribution < 1.29 is 22.0 Å².